The van der Waals surface area contributed by atoms with Gasteiger partial charge in [-0.25, -0.2) is 0 Å². The van der Waals surface area contributed by atoms with Gasteiger partial charge >= 0.3 is 5.97 Å². The van der Waals surface area contributed by atoms with Crippen molar-refractivity contribution in [3.8, 4) is 12.5 Å². The number of carbonyl (C=O) groups excluding carboxylic acids is 1. The molecule has 1 unspecified atom stereocenters. The molecule has 0 aromatic heterocycles. The summed E-state index contributed by atoms with van der Waals surface area (Å²) in [6.45, 7) is 2.65. The molecule has 2 N–H and O–H groups in total. The van der Waals surface area contributed by atoms with Crippen molar-refractivity contribution in [2.75, 3.05) is 13.2 Å². The van der Waals surface area contributed by atoms with Crippen molar-refractivity contribution in [1.82, 2.24) is 0 Å². The third-order valence-corrected chi connectivity index (χ3v) is 3.09. The highest BCUT2D eigenvalue weighted by Crippen LogP contribution is 2.31. The molecule has 90 valence electrons. The molecule has 0 spiro atoms. The van der Waals surface area contributed by atoms with Crippen LogP contribution in [0.25, 0.3) is 0 Å². The summed E-state index contributed by atoms with van der Waals surface area (Å²) in [5.41, 5.74) is 0.867. The van der Waals surface area contributed by atoms with Crippen LogP contribution in [0.5, 0.6) is 0 Å². The summed E-state index contributed by atoms with van der Waals surface area (Å²) in [6.07, 6.45) is 5.07. The number of terminal acetylenes is 1. The van der Waals surface area contributed by atoms with Gasteiger partial charge in [0.05, 0.1) is 0 Å². The van der Waals surface area contributed by atoms with Crippen LogP contribution in [-0.2, 0) is 13.9 Å². The van der Waals surface area contributed by atoms with Gasteiger partial charge in [0.15, 0.2) is 0 Å². The maximum absolute atomic E-state index is 11.9. The second-order valence-electron chi connectivity index (χ2n) is 3.66. The molecule has 0 aliphatic heterocycles. The zero-order valence-electron chi connectivity index (χ0n) is 9.65. The average Bonchev–Trinajstić information content (AvgIpc) is 2.35. The lowest BCUT2D eigenvalue weighted by Gasteiger charge is -2.20. The number of hydrogen-bond donors (Lipinski definition) is 1. The molecule has 1 rings (SSSR count). The molecule has 0 fully saturated rings. The van der Waals surface area contributed by atoms with Gasteiger partial charge in [-0.2, -0.15) is 0 Å². The Kier molecular flexibility index (Phi) is 5.20. The second kappa shape index (κ2) is 6.43. The van der Waals surface area contributed by atoms with E-state index in [9.17, 15) is 4.79 Å². The standard InChI is InChI=1S/C13H14BrNO2/c1-3-15-9-10-17-12(16)13(2,14)11-7-5-4-6-8-11/h1,4-8,15H,9-10H2,2H3/p+1. The zero-order chi connectivity index (χ0) is 12.7. The van der Waals surface area contributed by atoms with Gasteiger partial charge in [-0.15, -0.1) is 0 Å². The Bertz CT molecular complexity index is 409. The fraction of sp³-hybridized carbons (Fsp3) is 0.308. The maximum Gasteiger partial charge on any atom is 0.327 e. The molecule has 0 radical (unpaired) electrons. The van der Waals surface area contributed by atoms with Gasteiger partial charge in [0.2, 0.25) is 0 Å². The molecule has 17 heavy (non-hydrogen) atoms. The van der Waals surface area contributed by atoms with Crippen LogP contribution in [0.4, 0.5) is 0 Å². The van der Waals surface area contributed by atoms with Crippen molar-refractivity contribution in [2.45, 2.75) is 11.2 Å². The van der Waals surface area contributed by atoms with E-state index >= 15 is 0 Å². The second-order valence-corrected chi connectivity index (χ2v) is 5.25. The number of ether oxygens (including phenoxy) is 1. The van der Waals surface area contributed by atoms with Crippen molar-refractivity contribution in [2.24, 2.45) is 0 Å². The number of rotatable bonds is 5. The molecule has 1 aromatic carbocycles. The van der Waals surface area contributed by atoms with E-state index in [0.717, 1.165) is 5.56 Å². The quantitative estimate of drug-likeness (QED) is 0.381. The Balaban J connectivity index is 2.59. The number of nitrogens with two attached hydrogens (primary N) is 1. The lowest BCUT2D eigenvalue weighted by atomic mass is 10.0. The first kappa shape index (κ1) is 13.8. The average molecular weight is 297 g/mol. The molecule has 0 saturated carbocycles. The van der Waals surface area contributed by atoms with Crippen LogP contribution in [0.3, 0.4) is 0 Å². The number of carbonyl (C=O) groups is 1. The summed E-state index contributed by atoms with van der Waals surface area (Å²) in [5, 5.41) is 1.63. The number of hydrogen-bond acceptors (Lipinski definition) is 2. The molecule has 0 amide bonds. The van der Waals surface area contributed by atoms with E-state index in [1.165, 1.54) is 0 Å². The minimum atomic E-state index is -0.815. The predicted molar refractivity (Wildman–Crippen MR) is 69.3 cm³/mol. The van der Waals surface area contributed by atoms with Crippen molar-refractivity contribution < 1.29 is 14.8 Å². The number of benzene rings is 1. The van der Waals surface area contributed by atoms with Gasteiger partial charge in [-0.3, -0.25) is 10.1 Å². The van der Waals surface area contributed by atoms with Gasteiger partial charge in [0.1, 0.15) is 23.5 Å². The fourth-order valence-corrected chi connectivity index (χ4v) is 1.68. The molecule has 1 atom stereocenters. The van der Waals surface area contributed by atoms with Crippen molar-refractivity contribution in [1.29, 1.82) is 0 Å². The van der Waals surface area contributed by atoms with Crippen molar-refractivity contribution in [3.63, 3.8) is 0 Å². The van der Waals surface area contributed by atoms with E-state index in [1.54, 1.807) is 12.2 Å². The van der Waals surface area contributed by atoms with Crippen LogP contribution in [0.2, 0.25) is 0 Å². The summed E-state index contributed by atoms with van der Waals surface area (Å²) in [4.78, 5) is 11.9. The Labute approximate surface area is 110 Å². The van der Waals surface area contributed by atoms with Crippen LogP contribution >= 0.6 is 15.9 Å². The van der Waals surface area contributed by atoms with Gasteiger partial charge in [0.25, 0.3) is 0 Å². The molecule has 0 heterocycles. The lowest BCUT2D eigenvalue weighted by Crippen LogP contribution is -2.79. The molecule has 0 saturated heterocycles. The largest absolute Gasteiger partial charge is 0.458 e. The van der Waals surface area contributed by atoms with E-state index in [4.69, 9.17) is 11.2 Å². The minimum absolute atomic E-state index is 0.303. The Morgan fingerprint density at radius 3 is 2.76 bits per heavy atom. The topological polar surface area (TPSA) is 42.9 Å². The summed E-state index contributed by atoms with van der Waals surface area (Å²) in [5.74, 6) is -0.311. The predicted octanol–water partition coefficient (Wildman–Crippen LogP) is 0.994. The highest BCUT2D eigenvalue weighted by molar-refractivity contribution is 9.10. The molecule has 3 nitrogen and oxygen atoms in total. The van der Waals surface area contributed by atoms with E-state index in [-0.39, 0.29) is 5.97 Å². The smallest absolute Gasteiger partial charge is 0.327 e. The van der Waals surface area contributed by atoms with Crippen LogP contribution in [0.15, 0.2) is 30.3 Å². The van der Waals surface area contributed by atoms with Crippen LogP contribution in [0.1, 0.15) is 12.5 Å². The maximum atomic E-state index is 11.9. The van der Waals surface area contributed by atoms with Crippen LogP contribution < -0.4 is 5.32 Å². The molecule has 1 aromatic rings. The molecular weight excluding hydrogens is 282 g/mol. The van der Waals surface area contributed by atoms with Gasteiger partial charge in [-0.05, 0) is 12.5 Å². The zero-order valence-corrected chi connectivity index (χ0v) is 11.2. The lowest BCUT2D eigenvalue weighted by molar-refractivity contribution is -0.568. The summed E-state index contributed by atoms with van der Waals surface area (Å²) < 4.78 is 4.34. The Hall–Kier alpha value is -1.31. The summed E-state index contributed by atoms with van der Waals surface area (Å²) in [6, 6.07) is 11.8. The summed E-state index contributed by atoms with van der Waals surface area (Å²) in [7, 11) is 0. The minimum Gasteiger partial charge on any atom is -0.458 e. The molecule has 0 aliphatic carbocycles. The Morgan fingerprint density at radius 1 is 1.53 bits per heavy atom. The number of esters is 1. The molecule has 0 bridgehead atoms. The fourth-order valence-electron chi connectivity index (χ4n) is 1.30. The van der Waals surface area contributed by atoms with E-state index in [1.807, 2.05) is 30.3 Å². The van der Waals surface area contributed by atoms with E-state index in [0.29, 0.717) is 13.2 Å². The highest BCUT2D eigenvalue weighted by Gasteiger charge is 2.33. The number of halogens is 1. The van der Waals surface area contributed by atoms with Crippen molar-refractivity contribution in [3.05, 3.63) is 35.9 Å². The van der Waals surface area contributed by atoms with Gasteiger partial charge in [0, 0.05) is 0 Å². The summed E-state index contributed by atoms with van der Waals surface area (Å²) >= 11 is 3.40. The van der Waals surface area contributed by atoms with Crippen LogP contribution in [0, 0.1) is 12.5 Å². The number of quaternary nitrogens is 1. The van der Waals surface area contributed by atoms with Gasteiger partial charge in [-0.1, -0.05) is 52.7 Å². The monoisotopic (exact) mass is 296 g/mol. The van der Waals surface area contributed by atoms with Crippen LogP contribution in [-0.4, -0.2) is 19.1 Å². The molecule has 4 heteroatoms. The van der Waals surface area contributed by atoms with E-state index in [2.05, 4.69) is 22.0 Å². The normalized spacial score (nSPS) is 13.5. The van der Waals surface area contributed by atoms with Crippen molar-refractivity contribution >= 4 is 21.9 Å². The highest BCUT2D eigenvalue weighted by atomic mass is 79.9. The SMILES string of the molecule is C#C[NH2+]CCOC(=O)C(C)(Br)c1ccccc1. The third-order valence-electron chi connectivity index (χ3n) is 2.31. The third kappa shape index (κ3) is 3.88. The number of alkyl halides is 1. The first-order chi connectivity index (χ1) is 8.09. The first-order valence-corrected chi connectivity index (χ1v) is 6.08. The molecular formula is C13H15BrNO2+. The Morgan fingerprint density at radius 2 is 2.18 bits per heavy atom. The molecule has 0 aliphatic rings. The van der Waals surface area contributed by atoms with E-state index < -0.39 is 4.32 Å². The van der Waals surface area contributed by atoms with Gasteiger partial charge < -0.3 is 4.74 Å². The first-order valence-electron chi connectivity index (χ1n) is 5.28.